The standard InChI is InChI=1S/C23H27FN4O2/c1-15-18(23(29)28-10-3-2-4-21(28)25-15)9-13-27-11-7-16(8-12-27)22-19-6-5-17(24)14-20(19)30-26-22/h5-6,14,16H,2-4,7-13H2,1H3/i4D2,7D2,8D2,11D2,12D2,16D. The van der Waals surface area contributed by atoms with Crippen LogP contribution < -0.4 is 5.56 Å². The molecule has 0 saturated carbocycles. The minimum absolute atomic E-state index is 0.0337. The van der Waals surface area contributed by atoms with Crippen LogP contribution in [0.5, 0.6) is 0 Å². The van der Waals surface area contributed by atoms with E-state index in [4.69, 9.17) is 19.6 Å². The second kappa shape index (κ2) is 7.95. The Balaban J connectivity index is 1.59. The number of hydrogen-bond donors (Lipinski definition) is 0. The van der Waals surface area contributed by atoms with Crippen LogP contribution in [0.25, 0.3) is 11.0 Å². The Bertz CT molecular complexity index is 1580. The first kappa shape index (κ1) is 10.7. The fourth-order valence-electron chi connectivity index (χ4n) is 3.62. The molecule has 0 atom stereocenters. The van der Waals surface area contributed by atoms with E-state index in [1.807, 2.05) is 0 Å². The van der Waals surface area contributed by atoms with E-state index in [9.17, 15) is 9.18 Å². The Hall–Kier alpha value is -2.54. The minimum Gasteiger partial charge on any atom is -0.356 e. The fraction of sp³-hybridized carbons (Fsp3) is 0.522. The molecule has 2 aliphatic heterocycles. The van der Waals surface area contributed by atoms with Crippen LogP contribution in [-0.2, 0) is 19.3 Å². The Kier molecular flexibility index (Phi) is 2.82. The maximum atomic E-state index is 13.7. The minimum atomic E-state index is -3.47. The summed E-state index contributed by atoms with van der Waals surface area (Å²) in [6, 6.07) is 2.92. The summed E-state index contributed by atoms with van der Waals surface area (Å²) in [5.41, 5.74) is -1.38. The summed E-state index contributed by atoms with van der Waals surface area (Å²) < 4.78 is 115. The number of aromatic nitrogens is 3. The van der Waals surface area contributed by atoms with Crippen molar-refractivity contribution in [2.75, 3.05) is 19.5 Å². The van der Waals surface area contributed by atoms with Crippen LogP contribution in [0, 0.1) is 12.7 Å². The van der Waals surface area contributed by atoms with Crippen LogP contribution in [-0.4, -0.2) is 39.1 Å². The Morgan fingerprint density at radius 3 is 3.00 bits per heavy atom. The molecule has 0 N–H and O–H groups in total. The summed E-state index contributed by atoms with van der Waals surface area (Å²) in [4.78, 5) is 17.9. The third kappa shape index (κ3) is 3.55. The molecule has 0 bridgehead atoms. The topological polar surface area (TPSA) is 64.2 Å². The lowest BCUT2D eigenvalue weighted by Crippen LogP contribution is -2.37. The second-order valence-corrected chi connectivity index (χ2v) is 7.16. The third-order valence-corrected chi connectivity index (χ3v) is 5.20. The first-order valence-corrected chi connectivity index (χ1v) is 9.67. The summed E-state index contributed by atoms with van der Waals surface area (Å²) >= 11 is 0. The molecule has 7 heteroatoms. The maximum absolute atomic E-state index is 13.7. The first-order chi connectivity index (χ1) is 18.7. The van der Waals surface area contributed by atoms with Crippen molar-refractivity contribution in [1.82, 2.24) is 19.6 Å². The molecule has 0 amide bonds. The zero-order valence-corrected chi connectivity index (χ0v) is 16.3. The lowest BCUT2D eigenvalue weighted by molar-refractivity contribution is 0.211. The number of fused-ring (bicyclic) bond motifs is 2. The highest BCUT2D eigenvalue weighted by Gasteiger charge is 2.25. The van der Waals surface area contributed by atoms with E-state index in [2.05, 4.69) is 10.1 Å². The van der Waals surface area contributed by atoms with Crippen molar-refractivity contribution in [3.8, 4) is 0 Å². The van der Waals surface area contributed by atoms with Crippen molar-refractivity contribution < 1.29 is 24.0 Å². The summed E-state index contributed by atoms with van der Waals surface area (Å²) in [5, 5.41) is 3.44. The van der Waals surface area contributed by atoms with Crippen molar-refractivity contribution >= 4 is 11.0 Å². The van der Waals surface area contributed by atoms with Crippen molar-refractivity contribution in [3.05, 3.63) is 57.1 Å². The fourth-order valence-corrected chi connectivity index (χ4v) is 3.62. The largest absolute Gasteiger partial charge is 0.356 e. The van der Waals surface area contributed by atoms with Gasteiger partial charge in [0.1, 0.15) is 11.6 Å². The molecule has 0 spiro atoms. The molecule has 0 radical (unpaired) electrons. The predicted molar refractivity (Wildman–Crippen MR) is 112 cm³/mol. The predicted octanol–water partition coefficient (Wildman–Crippen LogP) is 3.59. The molecule has 2 aromatic heterocycles. The van der Waals surface area contributed by atoms with Gasteiger partial charge in [0, 0.05) is 63.1 Å². The van der Waals surface area contributed by atoms with E-state index in [0.717, 1.165) is 18.2 Å². The number of benzene rings is 1. The summed E-state index contributed by atoms with van der Waals surface area (Å²) in [7, 11) is 0. The zero-order valence-electron chi connectivity index (χ0n) is 27.3. The van der Waals surface area contributed by atoms with E-state index < -0.39 is 61.6 Å². The van der Waals surface area contributed by atoms with Gasteiger partial charge in [-0.15, -0.1) is 0 Å². The highest BCUT2D eigenvalue weighted by atomic mass is 19.1. The van der Waals surface area contributed by atoms with Gasteiger partial charge >= 0.3 is 0 Å². The Labute approximate surface area is 190 Å². The first-order valence-electron chi connectivity index (χ1n) is 15.2. The zero-order chi connectivity index (χ0) is 30.6. The Morgan fingerprint density at radius 2 is 2.17 bits per heavy atom. The molecule has 6 nitrogen and oxygen atoms in total. The van der Waals surface area contributed by atoms with Gasteiger partial charge in [-0.2, -0.15) is 0 Å². The summed E-state index contributed by atoms with van der Waals surface area (Å²) in [6.45, 7) is -5.67. The number of halogens is 1. The molecule has 0 aliphatic carbocycles. The van der Waals surface area contributed by atoms with Gasteiger partial charge in [-0.3, -0.25) is 9.36 Å². The monoisotopic (exact) mass is 421 g/mol. The molecular formula is C23H27FN4O2. The number of nitrogens with zero attached hydrogens (tertiary/aromatic N) is 4. The van der Waals surface area contributed by atoms with Gasteiger partial charge in [-0.05, 0) is 64.1 Å². The van der Waals surface area contributed by atoms with Gasteiger partial charge in [0.2, 0.25) is 0 Å². The third-order valence-electron chi connectivity index (χ3n) is 5.20. The molecule has 1 fully saturated rings. The average molecular weight is 422 g/mol. The number of rotatable bonds is 4. The molecule has 0 unspecified atom stereocenters. The highest BCUT2D eigenvalue weighted by Crippen LogP contribution is 2.32. The molecule has 2 aliphatic rings. The number of aryl methyl sites for hydroxylation is 2. The van der Waals surface area contributed by atoms with Crippen molar-refractivity contribution in [2.45, 2.75) is 57.7 Å². The van der Waals surface area contributed by atoms with Gasteiger partial charge in [-0.1, -0.05) is 5.16 Å². The van der Waals surface area contributed by atoms with Crippen LogP contribution >= 0.6 is 0 Å². The van der Waals surface area contributed by atoms with E-state index in [-0.39, 0.29) is 47.4 Å². The van der Waals surface area contributed by atoms with Crippen LogP contribution in [0.15, 0.2) is 27.5 Å². The highest BCUT2D eigenvalue weighted by molar-refractivity contribution is 5.79. The molecule has 1 saturated heterocycles. The number of likely N-dealkylation sites (tertiary alicyclic amines) is 1. The maximum Gasteiger partial charge on any atom is 0.256 e. The van der Waals surface area contributed by atoms with Gasteiger partial charge in [0.05, 0.1) is 5.69 Å². The smallest absolute Gasteiger partial charge is 0.256 e. The van der Waals surface area contributed by atoms with Crippen molar-refractivity contribution in [3.63, 3.8) is 0 Å². The van der Waals surface area contributed by atoms with Gasteiger partial charge in [0.15, 0.2) is 5.58 Å². The second-order valence-electron chi connectivity index (χ2n) is 7.16. The van der Waals surface area contributed by atoms with E-state index >= 15 is 0 Å². The normalized spacial score (nSPS) is 32.9. The lowest BCUT2D eigenvalue weighted by Gasteiger charge is -2.31. The van der Waals surface area contributed by atoms with Crippen LogP contribution in [0.3, 0.4) is 0 Å². The molecule has 158 valence electrons. The molecule has 3 aromatic rings. The van der Waals surface area contributed by atoms with Crippen molar-refractivity contribution in [1.29, 1.82) is 0 Å². The average Bonchev–Trinajstić information content (AvgIpc) is 3.28. The molecule has 30 heavy (non-hydrogen) atoms. The Morgan fingerprint density at radius 1 is 1.33 bits per heavy atom. The quantitative estimate of drug-likeness (QED) is 0.644. The van der Waals surface area contributed by atoms with Crippen molar-refractivity contribution in [2.24, 2.45) is 0 Å². The molecular weight excluding hydrogens is 383 g/mol. The lowest BCUT2D eigenvalue weighted by atomic mass is 9.91. The van der Waals surface area contributed by atoms with Gasteiger partial charge in [-0.25, -0.2) is 9.37 Å². The van der Waals surface area contributed by atoms with E-state index in [1.54, 1.807) is 0 Å². The van der Waals surface area contributed by atoms with E-state index in [0.29, 0.717) is 11.3 Å². The SMILES string of the molecule is [2H]C1([2H])CCCn2c1nc(C)c(CCN1C([2H])([2H])C([2H])([2H])C([2H])(c3noc4cc(F)ccc34)C([2H])([2H])C1([2H])[2H])c2=O. The molecule has 1 aromatic carbocycles. The molecule has 5 rings (SSSR count). The molecule has 4 heterocycles. The number of piperidine rings is 1. The number of hydrogen-bond acceptors (Lipinski definition) is 5. The summed E-state index contributed by atoms with van der Waals surface area (Å²) in [6.07, 6.45) is -8.56. The summed E-state index contributed by atoms with van der Waals surface area (Å²) in [5.74, 6) is -4.10. The van der Waals surface area contributed by atoms with Crippen LogP contribution in [0.2, 0.25) is 0 Å². The van der Waals surface area contributed by atoms with Crippen LogP contribution in [0.4, 0.5) is 4.39 Å². The van der Waals surface area contributed by atoms with Gasteiger partial charge < -0.3 is 9.42 Å². The van der Waals surface area contributed by atoms with Crippen LogP contribution in [0.1, 0.15) is 69.3 Å². The van der Waals surface area contributed by atoms with E-state index in [1.165, 1.54) is 11.5 Å². The van der Waals surface area contributed by atoms with Gasteiger partial charge in [0.25, 0.3) is 5.56 Å².